The molecule has 2 amide bonds. The molecule has 8 aromatic rings. The summed E-state index contributed by atoms with van der Waals surface area (Å²) in [6.07, 6.45) is 0. The summed E-state index contributed by atoms with van der Waals surface area (Å²) in [6, 6.07) is 45.6. The predicted molar refractivity (Wildman–Crippen MR) is 177 cm³/mol. The summed E-state index contributed by atoms with van der Waals surface area (Å²) in [4.78, 5) is 28.1. The molecule has 210 valence electrons. The first kappa shape index (κ1) is 25.1. The second kappa shape index (κ2) is 9.27. The number of benzene rings is 6. The molecule has 45 heavy (non-hydrogen) atoms. The first-order chi connectivity index (χ1) is 22.1. The smallest absolute Gasteiger partial charge is 0.266 e. The number of aromatic nitrogens is 2. The molecule has 9 rings (SSSR count). The van der Waals surface area contributed by atoms with Crippen molar-refractivity contribution in [2.75, 3.05) is 4.90 Å². The molecule has 0 fully saturated rings. The number of anilines is 1. The third-order valence-electron chi connectivity index (χ3n) is 8.83. The lowest BCUT2D eigenvalue weighted by molar-refractivity contribution is 0.0926. The highest BCUT2D eigenvalue weighted by molar-refractivity contribution is 6.34. The fraction of sp³-hybridized carbons (Fsp3) is 0. The first-order valence-electron chi connectivity index (χ1n) is 14.7. The molecule has 0 aliphatic carbocycles. The molecule has 6 aromatic carbocycles. The lowest BCUT2D eigenvalue weighted by Gasteiger charge is -2.17. The maximum atomic E-state index is 13.4. The Morgan fingerprint density at radius 2 is 1.09 bits per heavy atom. The number of hydrogen-bond donors (Lipinski definition) is 0. The monoisotopic (exact) mass is 578 g/mol. The van der Waals surface area contributed by atoms with Crippen molar-refractivity contribution in [1.29, 1.82) is 5.26 Å². The summed E-state index contributed by atoms with van der Waals surface area (Å²) in [5.74, 6) is -0.791. The van der Waals surface area contributed by atoms with Gasteiger partial charge in [0, 0.05) is 32.9 Å². The van der Waals surface area contributed by atoms with Gasteiger partial charge in [-0.3, -0.25) is 9.59 Å². The maximum Gasteiger partial charge on any atom is 0.266 e. The molecule has 2 aromatic heterocycles. The average molecular weight is 579 g/mol. The van der Waals surface area contributed by atoms with Gasteiger partial charge in [-0.1, -0.05) is 72.8 Å². The highest BCUT2D eigenvalue weighted by Gasteiger charge is 2.36. The average Bonchev–Trinajstić information content (AvgIpc) is 3.70. The van der Waals surface area contributed by atoms with Crippen molar-refractivity contribution < 1.29 is 9.59 Å². The lowest BCUT2D eigenvalue weighted by atomic mass is 10.1. The van der Waals surface area contributed by atoms with Gasteiger partial charge < -0.3 is 9.13 Å². The van der Waals surface area contributed by atoms with E-state index in [0.717, 1.165) is 49.3 Å². The van der Waals surface area contributed by atoms with E-state index in [4.69, 9.17) is 0 Å². The van der Waals surface area contributed by atoms with Crippen molar-refractivity contribution in [1.82, 2.24) is 9.13 Å². The molecule has 0 bridgehead atoms. The summed E-state index contributed by atoms with van der Waals surface area (Å²) in [6.45, 7) is 0. The lowest BCUT2D eigenvalue weighted by Crippen LogP contribution is -2.29. The molecule has 0 radical (unpaired) electrons. The molecule has 0 N–H and O–H groups in total. The number of nitriles is 1. The van der Waals surface area contributed by atoms with Crippen molar-refractivity contribution in [2.24, 2.45) is 0 Å². The number of fused-ring (bicyclic) bond motifs is 8. The van der Waals surface area contributed by atoms with E-state index in [1.165, 1.54) is 4.90 Å². The van der Waals surface area contributed by atoms with Crippen molar-refractivity contribution in [3.8, 4) is 17.4 Å². The second-order valence-corrected chi connectivity index (χ2v) is 11.2. The van der Waals surface area contributed by atoms with Crippen LogP contribution in [0.4, 0.5) is 5.69 Å². The molecular weight excluding hydrogens is 556 g/mol. The van der Waals surface area contributed by atoms with Crippen LogP contribution in [-0.2, 0) is 0 Å². The highest BCUT2D eigenvalue weighted by Crippen LogP contribution is 2.42. The fourth-order valence-electron chi connectivity index (χ4n) is 6.97. The van der Waals surface area contributed by atoms with Gasteiger partial charge in [0.15, 0.2) is 0 Å². The van der Waals surface area contributed by atoms with Crippen molar-refractivity contribution in [2.45, 2.75) is 0 Å². The van der Waals surface area contributed by atoms with Crippen molar-refractivity contribution in [3.63, 3.8) is 0 Å². The fourth-order valence-corrected chi connectivity index (χ4v) is 6.97. The number of nitrogens with zero attached hydrogens (tertiary/aromatic N) is 4. The summed E-state index contributed by atoms with van der Waals surface area (Å²) in [7, 11) is 0. The molecular formula is C39H22N4O2. The first-order valence-corrected chi connectivity index (χ1v) is 14.7. The van der Waals surface area contributed by atoms with Crippen LogP contribution in [0.1, 0.15) is 26.3 Å². The number of amides is 2. The summed E-state index contributed by atoms with van der Waals surface area (Å²) in [5, 5.41) is 14.5. The number of imide groups is 1. The van der Waals surface area contributed by atoms with Crippen LogP contribution in [0.2, 0.25) is 0 Å². The van der Waals surface area contributed by atoms with Crippen LogP contribution in [0.15, 0.2) is 133 Å². The van der Waals surface area contributed by atoms with E-state index in [1.54, 1.807) is 30.3 Å². The summed E-state index contributed by atoms with van der Waals surface area (Å²) < 4.78 is 4.44. The van der Waals surface area contributed by atoms with Crippen LogP contribution in [0.3, 0.4) is 0 Å². The Kier molecular flexibility index (Phi) is 5.17. The highest BCUT2D eigenvalue weighted by atomic mass is 16.2. The van der Waals surface area contributed by atoms with Gasteiger partial charge in [-0.2, -0.15) is 5.26 Å². The molecule has 0 saturated carbocycles. The standard InChI is InChI=1S/C39H22N4O2/c40-23-24-20-26(22-27(21-24)43-38(44)30-13-4-5-14-31(30)39(43)45)41-34-17-9-7-15-32(34)36-35(41)19-18-29-28-12-6-8-16-33(28)42(37(29)36)25-10-2-1-3-11-25/h1-22H. The van der Waals surface area contributed by atoms with Gasteiger partial charge in [-0.25, -0.2) is 4.90 Å². The Labute approximate surface area is 257 Å². The maximum absolute atomic E-state index is 13.4. The van der Waals surface area contributed by atoms with Crippen molar-refractivity contribution >= 4 is 61.1 Å². The Hall–Kier alpha value is -6.45. The molecule has 1 aliphatic heterocycles. The van der Waals surface area contributed by atoms with E-state index >= 15 is 0 Å². The van der Waals surface area contributed by atoms with Crippen LogP contribution < -0.4 is 4.90 Å². The van der Waals surface area contributed by atoms with E-state index in [1.807, 2.05) is 42.5 Å². The Morgan fingerprint density at radius 3 is 1.80 bits per heavy atom. The predicted octanol–water partition coefficient (Wildman–Crippen LogP) is 8.55. The molecule has 0 unspecified atom stereocenters. The van der Waals surface area contributed by atoms with E-state index in [9.17, 15) is 14.9 Å². The van der Waals surface area contributed by atoms with E-state index in [0.29, 0.717) is 28.1 Å². The Bertz CT molecular complexity index is 2570. The van der Waals surface area contributed by atoms with E-state index in [2.05, 4.69) is 75.9 Å². The topological polar surface area (TPSA) is 71.0 Å². The Balaban J connectivity index is 1.37. The van der Waals surface area contributed by atoms with Gasteiger partial charge in [0.05, 0.1) is 50.5 Å². The van der Waals surface area contributed by atoms with Gasteiger partial charge in [0.1, 0.15) is 0 Å². The largest absolute Gasteiger partial charge is 0.309 e. The molecule has 0 saturated heterocycles. The van der Waals surface area contributed by atoms with Gasteiger partial charge in [-0.15, -0.1) is 0 Å². The van der Waals surface area contributed by atoms with Crippen molar-refractivity contribution in [3.05, 3.63) is 150 Å². The number of carbonyl (C=O) groups excluding carboxylic acids is 2. The van der Waals surface area contributed by atoms with Gasteiger partial charge in [-0.05, 0) is 60.7 Å². The molecule has 0 atom stereocenters. The van der Waals surface area contributed by atoms with E-state index < -0.39 is 11.8 Å². The SMILES string of the molecule is N#Cc1cc(N2C(=O)c3ccccc3C2=O)cc(-n2c3ccccc3c3c2ccc2c4ccccc4n(-c4ccccc4)c23)c1. The molecule has 1 aliphatic rings. The number of carbonyl (C=O) groups is 2. The summed E-state index contributed by atoms with van der Waals surface area (Å²) in [5.41, 5.74) is 7.29. The third kappa shape index (κ3) is 3.43. The van der Waals surface area contributed by atoms with E-state index in [-0.39, 0.29) is 0 Å². The number of para-hydroxylation sites is 3. The molecule has 0 spiro atoms. The van der Waals surface area contributed by atoms with Crippen LogP contribution in [0.5, 0.6) is 0 Å². The molecule has 6 nitrogen and oxygen atoms in total. The summed E-state index contributed by atoms with van der Waals surface area (Å²) >= 11 is 0. The normalized spacial score (nSPS) is 12.9. The minimum Gasteiger partial charge on any atom is -0.309 e. The minimum absolute atomic E-state index is 0.351. The second-order valence-electron chi connectivity index (χ2n) is 11.2. The Morgan fingerprint density at radius 1 is 0.489 bits per heavy atom. The van der Waals surface area contributed by atoms with Crippen LogP contribution in [-0.4, -0.2) is 20.9 Å². The zero-order valence-corrected chi connectivity index (χ0v) is 23.8. The number of rotatable bonds is 3. The quantitative estimate of drug-likeness (QED) is 0.197. The minimum atomic E-state index is -0.395. The van der Waals surface area contributed by atoms with Gasteiger partial charge in [0.2, 0.25) is 0 Å². The van der Waals surface area contributed by atoms with Crippen LogP contribution >= 0.6 is 0 Å². The number of hydrogen-bond acceptors (Lipinski definition) is 3. The third-order valence-corrected chi connectivity index (χ3v) is 8.83. The molecule has 6 heteroatoms. The zero-order valence-electron chi connectivity index (χ0n) is 23.8. The molecule has 3 heterocycles. The van der Waals surface area contributed by atoms with Crippen LogP contribution in [0, 0.1) is 11.3 Å². The van der Waals surface area contributed by atoms with Gasteiger partial charge in [0.25, 0.3) is 11.8 Å². The zero-order chi connectivity index (χ0) is 30.2. The van der Waals surface area contributed by atoms with Gasteiger partial charge >= 0.3 is 0 Å². The van der Waals surface area contributed by atoms with Crippen LogP contribution in [0.25, 0.3) is 55.0 Å².